The molecule has 1 aliphatic carbocycles. The smallest absolute Gasteiger partial charge is 0.119 e. The van der Waals surface area contributed by atoms with Gasteiger partial charge in [0.05, 0.1) is 0 Å². The molecule has 2 unspecified atom stereocenters. The van der Waals surface area contributed by atoms with Crippen molar-refractivity contribution in [2.75, 3.05) is 7.05 Å². The number of hydrogen-bond acceptors (Lipinski definition) is 2. The van der Waals surface area contributed by atoms with Gasteiger partial charge in [-0.1, -0.05) is 48.9 Å². The minimum absolute atomic E-state index is 0. The highest BCUT2D eigenvalue weighted by molar-refractivity contribution is 5.85. The standard InChI is InChI=1S/C20H25NO.ClH/c1-21-20-9-5-8-18(20)14-16-10-12-19(13-11-16)22-15-17-6-3-2-4-7-17;/h2-4,6-7,10-13,18,20-21H,5,8-9,14-15H2,1H3;1H. The summed E-state index contributed by atoms with van der Waals surface area (Å²) in [5.74, 6) is 1.73. The number of benzene rings is 2. The van der Waals surface area contributed by atoms with Crippen LogP contribution in [-0.2, 0) is 13.0 Å². The monoisotopic (exact) mass is 331 g/mol. The lowest BCUT2D eigenvalue weighted by molar-refractivity contribution is 0.306. The van der Waals surface area contributed by atoms with E-state index in [9.17, 15) is 0 Å². The molecule has 0 aromatic heterocycles. The second-order valence-corrected chi connectivity index (χ2v) is 6.21. The number of halogens is 1. The Morgan fingerprint density at radius 2 is 1.70 bits per heavy atom. The first kappa shape index (κ1) is 17.8. The van der Waals surface area contributed by atoms with Gasteiger partial charge in [0, 0.05) is 6.04 Å². The summed E-state index contributed by atoms with van der Waals surface area (Å²) in [7, 11) is 2.09. The van der Waals surface area contributed by atoms with Crippen LogP contribution >= 0.6 is 12.4 Å². The molecule has 2 aromatic rings. The Morgan fingerprint density at radius 1 is 0.957 bits per heavy atom. The normalized spacial score (nSPS) is 20.0. The lowest BCUT2D eigenvalue weighted by Crippen LogP contribution is -2.29. The first-order valence-electron chi connectivity index (χ1n) is 8.28. The van der Waals surface area contributed by atoms with Crippen LogP contribution < -0.4 is 10.1 Å². The van der Waals surface area contributed by atoms with Crippen LogP contribution in [0, 0.1) is 5.92 Å². The molecule has 0 radical (unpaired) electrons. The molecule has 2 atom stereocenters. The number of hydrogen-bond donors (Lipinski definition) is 1. The molecule has 3 rings (SSSR count). The molecule has 3 heteroatoms. The van der Waals surface area contributed by atoms with E-state index in [1.54, 1.807) is 0 Å². The van der Waals surface area contributed by atoms with Crippen molar-refractivity contribution >= 4 is 12.4 Å². The molecular weight excluding hydrogens is 306 g/mol. The van der Waals surface area contributed by atoms with Crippen molar-refractivity contribution in [2.45, 2.75) is 38.3 Å². The van der Waals surface area contributed by atoms with E-state index in [1.165, 1.54) is 36.8 Å². The van der Waals surface area contributed by atoms with E-state index in [0.29, 0.717) is 12.6 Å². The second-order valence-electron chi connectivity index (χ2n) is 6.21. The Labute approximate surface area is 145 Å². The predicted octanol–water partition coefficient (Wildman–Crippen LogP) is 4.62. The van der Waals surface area contributed by atoms with E-state index in [2.05, 4.69) is 48.8 Å². The van der Waals surface area contributed by atoms with E-state index in [4.69, 9.17) is 4.74 Å². The van der Waals surface area contributed by atoms with E-state index < -0.39 is 0 Å². The summed E-state index contributed by atoms with van der Waals surface area (Å²) < 4.78 is 5.85. The number of ether oxygens (including phenoxy) is 1. The van der Waals surface area contributed by atoms with Crippen LogP contribution in [-0.4, -0.2) is 13.1 Å². The summed E-state index contributed by atoms with van der Waals surface area (Å²) in [4.78, 5) is 0. The van der Waals surface area contributed by atoms with Crippen LogP contribution in [0.5, 0.6) is 5.75 Å². The highest BCUT2D eigenvalue weighted by Gasteiger charge is 2.25. The zero-order valence-electron chi connectivity index (χ0n) is 13.7. The molecule has 0 saturated heterocycles. The summed E-state index contributed by atoms with van der Waals surface area (Å²) in [6.45, 7) is 0.630. The molecule has 0 aliphatic heterocycles. The average Bonchev–Trinajstić information content (AvgIpc) is 3.02. The van der Waals surface area contributed by atoms with Crippen molar-refractivity contribution in [2.24, 2.45) is 5.92 Å². The van der Waals surface area contributed by atoms with Crippen molar-refractivity contribution in [1.82, 2.24) is 5.32 Å². The van der Waals surface area contributed by atoms with Gasteiger partial charge in [-0.15, -0.1) is 12.4 Å². The van der Waals surface area contributed by atoms with Gasteiger partial charge in [0.15, 0.2) is 0 Å². The van der Waals surface area contributed by atoms with Crippen LogP contribution in [0.3, 0.4) is 0 Å². The van der Waals surface area contributed by atoms with Gasteiger partial charge in [-0.05, 0) is 55.5 Å². The third kappa shape index (κ3) is 4.98. The Kier molecular flexibility index (Phi) is 6.94. The average molecular weight is 332 g/mol. The molecule has 1 N–H and O–H groups in total. The molecule has 0 spiro atoms. The van der Waals surface area contributed by atoms with E-state index in [-0.39, 0.29) is 12.4 Å². The maximum atomic E-state index is 5.85. The summed E-state index contributed by atoms with van der Waals surface area (Å²) in [5.41, 5.74) is 2.62. The van der Waals surface area contributed by atoms with Crippen molar-refractivity contribution < 1.29 is 4.74 Å². The van der Waals surface area contributed by atoms with Crippen LogP contribution in [0.2, 0.25) is 0 Å². The molecule has 0 bridgehead atoms. The largest absolute Gasteiger partial charge is 0.489 e. The van der Waals surface area contributed by atoms with Gasteiger partial charge in [-0.2, -0.15) is 0 Å². The molecule has 2 aromatic carbocycles. The zero-order chi connectivity index (χ0) is 15.2. The molecule has 2 nitrogen and oxygen atoms in total. The summed E-state index contributed by atoms with van der Waals surface area (Å²) in [6, 6.07) is 19.6. The Bertz CT molecular complexity index is 570. The van der Waals surface area contributed by atoms with Crippen LogP contribution in [0.4, 0.5) is 0 Å². The molecule has 1 aliphatic rings. The van der Waals surface area contributed by atoms with Crippen molar-refractivity contribution in [3.8, 4) is 5.75 Å². The highest BCUT2D eigenvalue weighted by Crippen LogP contribution is 2.29. The number of nitrogens with one attached hydrogen (secondary N) is 1. The molecule has 1 fully saturated rings. The maximum absolute atomic E-state index is 5.85. The van der Waals surface area contributed by atoms with Gasteiger partial charge < -0.3 is 10.1 Å². The Balaban J connectivity index is 0.00000192. The molecule has 0 heterocycles. The Hall–Kier alpha value is -1.51. The van der Waals surface area contributed by atoms with Gasteiger partial charge >= 0.3 is 0 Å². The minimum atomic E-state index is 0. The summed E-state index contributed by atoms with van der Waals surface area (Å²) >= 11 is 0. The molecule has 124 valence electrons. The van der Waals surface area contributed by atoms with E-state index >= 15 is 0 Å². The first-order chi connectivity index (χ1) is 10.8. The lowest BCUT2D eigenvalue weighted by atomic mass is 9.95. The van der Waals surface area contributed by atoms with E-state index in [0.717, 1.165) is 11.7 Å². The Morgan fingerprint density at radius 3 is 2.39 bits per heavy atom. The molecule has 23 heavy (non-hydrogen) atoms. The molecule has 1 saturated carbocycles. The third-order valence-corrected chi connectivity index (χ3v) is 4.70. The first-order valence-corrected chi connectivity index (χ1v) is 8.28. The fourth-order valence-electron chi connectivity index (χ4n) is 3.43. The van der Waals surface area contributed by atoms with Crippen molar-refractivity contribution in [3.05, 3.63) is 65.7 Å². The SMILES string of the molecule is CNC1CCCC1Cc1ccc(OCc2ccccc2)cc1.Cl. The third-order valence-electron chi connectivity index (χ3n) is 4.70. The van der Waals surface area contributed by atoms with E-state index in [1.807, 2.05) is 18.2 Å². The van der Waals surface area contributed by atoms with Gasteiger partial charge in [0.1, 0.15) is 12.4 Å². The summed E-state index contributed by atoms with van der Waals surface area (Å²) in [6.07, 6.45) is 5.19. The highest BCUT2D eigenvalue weighted by atomic mass is 35.5. The maximum Gasteiger partial charge on any atom is 0.119 e. The van der Waals surface area contributed by atoms with Crippen LogP contribution in [0.1, 0.15) is 30.4 Å². The van der Waals surface area contributed by atoms with Crippen LogP contribution in [0.15, 0.2) is 54.6 Å². The predicted molar refractivity (Wildman–Crippen MR) is 98.4 cm³/mol. The number of rotatable bonds is 6. The van der Waals surface area contributed by atoms with Gasteiger partial charge in [-0.25, -0.2) is 0 Å². The molecule has 0 amide bonds. The van der Waals surface area contributed by atoms with Crippen molar-refractivity contribution in [3.63, 3.8) is 0 Å². The zero-order valence-corrected chi connectivity index (χ0v) is 14.5. The minimum Gasteiger partial charge on any atom is -0.489 e. The van der Waals surface area contributed by atoms with Crippen molar-refractivity contribution in [1.29, 1.82) is 0 Å². The quantitative estimate of drug-likeness (QED) is 0.834. The van der Waals surface area contributed by atoms with Gasteiger partial charge in [0.25, 0.3) is 0 Å². The summed E-state index contributed by atoms with van der Waals surface area (Å²) in [5, 5.41) is 3.46. The van der Waals surface area contributed by atoms with Gasteiger partial charge in [0.2, 0.25) is 0 Å². The van der Waals surface area contributed by atoms with Crippen LogP contribution in [0.25, 0.3) is 0 Å². The topological polar surface area (TPSA) is 21.3 Å². The fraction of sp³-hybridized carbons (Fsp3) is 0.400. The lowest BCUT2D eigenvalue weighted by Gasteiger charge is -2.19. The van der Waals surface area contributed by atoms with Gasteiger partial charge in [-0.3, -0.25) is 0 Å². The fourth-order valence-corrected chi connectivity index (χ4v) is 3.43. The molecular formula is C20H26ClNO. The second kappa shape index (κ2) is 8.95.